The summed E-state index contributed by atoms with van der Waals surface area (Å²) in [5.74, 6) is -0.270. The van der Waals surface area contributed by atoms with E-state index in [1.54, 1.807) is 24.4 Å². The van der Waals surface area contributed by atoms with E-state index in [0.717, 1.165) is 5.56 Å². The zero-order valence-corrected chi connectivity index (χ0v) is 11.8. The summed E-state index contributed by atoms with van der Waals surface area (Å²) in [6, 6.07) is 5.15. The number of nitrogens with one attached hydrogen (secondary N) is 1. The first kappa shape index (κ1) is 13.0. The van der Waals surface area contributed by atoms with Crippen molar-refractivity contribution in [3.8, 4) is 0 Å². The predicted octanol–water partition coefficient (Wildman–Crippen LogP) is 3.45. The van der Waals surface area contributed by atoms with Crippen molar-refractivity contribution >= 4 is 39.1 Å². The molecule has 0 fully saturated rings. The van der Waals surface area contributed by atoms with Crippen LogP contribution in [0.4, 0.5) is 5.69 Å². The van der Waals surface area contributed by atoms with Crippen LogP contribution in [0.15, 0.2) is 35.2 Å². The number of pyridine rings is 2. The number of halogens is 2. The zero-order chi connectivity index (χ0) is 13.1. The van der Waals surface area contributed by atoms with Crippen molar-refractivity contribution < 1.29 is 4.79 Å². The summed E-state index contributed by atoms with van der Waals surface area (Å²) >= 11 is 9.15. The van der Waals surface area contributed by atoms with Crippen LogP contribution in [-0.2, 0) is 0 Å². The number of aromatic nitrogens is 2. The third-order valence-electron chi connectivity index (χ3n) is 2.34. The lowest BCUT2D eigenvalue weighted by Gasteiger charge is -2.09. The van der Waals surface area contributed by atoms with Crippen LogP contribution in [-0.4, -0.2) is 15.9 Å². The molecule has 2 heterocycles. The summed E-state index contributed by atoms with van der Waals surface area (Å²) < 4.78 is 0.676. The van der Waals surface area contributed by atoms with Crippen LogP contribution in [0.2, 0.25) is 5.15 Å². The lowest BCUT2D eigenvalue weighted by molar-refractivity contribution is 0.102. The van der Waals surface area contributed by atoms with Crippen molar-refractivity contribution in [2.75, 3.05) is 5.32 Å². The average Bonchev–Trinajstić information content (AvgIpc) is 2.34. The molecule has 2 rings (SSSR count). The molecule has 92 valence electrons. The fourth-order valence-corrected chi connectivity index (χ4v) is 1.86. The Morgan fingerprint density at radius 1 is 1.33 bits per heavy atom. The highest BCUT2D eigenvalue weighted by atomic mass is 79.9. The van der Waals surface area contributed by atoms with Crippen molar-refractivity contribution in [3.05, 3.63) is 51.5 Å². The monoisotopic (exact) mass is 325 g/mol. The van der Waals surface area contributed by atoms with E-state index in [-0.39, 0.29) is 11.1 Å². The number of amides is 1. The van der Waals surface area contributed by atoms with Gasteiger partial charge in [-0.1, -0.05) is 11.6 Å². The predicted molar refractivity (Wildman–Crippen MR) is 73.9 cm³/mol. The summed E-state index contributed by atoms with van der Waals surface area (Å²) in [6.07, 6.45) is 3.08. The second-order valence-corrected chi connectivity index (χ2v) is 4.79. The molecule has 0 saturated heterocycles. The van der Waals surface area contributed by atoms with Crippen molar-refractivity contribution in [1.82, 2.24) is 9.97 Å². The number of carbonyl (C=O) groups is 1. The molecule has 18 heavy (non-hydrogen) atoms. The normalized spacial score (nSPS) is 10.2. The SMILES string of the molecule is Cc1ccnc(Cl)c1NC(=O)c1ccc(Br)nc1. The molecule has 0 radical (unpaired) electrons. The van der Waals surface area contributed by atoms with Crippen LogP contribution in [0, 0.1) is 6.92 Å². The van der Waals surface area contributed by atoms with Crippen LogP contribution in [0.25, 0.3) is 0 Å². The molecule has 2 aromatic rings. The number of hydrogen-bond acceptors (Lipinski definition) is 3. The van der Waals surface area contributed by atoms with Gasteiger partial charge in [-0.05, 0) is 46.6 Å². The molecule has 0 aliphatic heterocycles. The average molecular weight is 327 g/mol. The molecule has 0 aliphatic rings. The van der Waals surface area contributed by atoms with Crippen LogP contribution in [0.3, 0.4) is 0 Å². The van der Waals surface area contributed by atoms with Crippen molar-refractivity contribution in [1.29, 1.82) is 0 Å². The van der Waals surface area contributed by atoms with Crippen molar-refractivity contribution in [2.45, 2.75) is 6.92 Å². The first-order chi connectivity index (χ1) is 8.58. The fourth-order valence-electron chi connectivity index (χ4n) is 1.37. The molecule has 0 spiro atoms. The summed E-state index contributed by atoms with van der Waals surface area (Å²) in [6.45, 7) is 1.85. The van der Waals surface area contributed by atoms with Crippen molar-refractivity contribution in [3.63, 3.8) is 0 Å². The molecule has 4 nitrogen and oxygen atoms in total. The lowest BCUT2D eigenvalue weighted by atomic mass is 10.2. The maximum Gasteiger partial charge on any atom is 0.257 e. The molecule has 2 aromatic heterocycles. The number of hydrogen-bond donors (Lipinski definition) is 1. The Labute approximate surface area is 118 Å². The molecule has 1 N–H and O–H groups in total. The Morgan fingerprint density at radius 2 is 2.11 bits per heavy atom. The van der Waals surface area contributed by atoms with Gasteiger partial charge >= 0.3 is 0 Å². The van der Waals surface area contributed by atoms with Gasteiger partial charge < -0.3 is 5.32 Å². The highest BCUT2D eigenvalue weighted by Gasteiger charge is 2.11. The Hall–Kier alpha value is -1.46. The van der Waals surface area contributed by atoms with E-state index in [9.17, 15) is 4.79 Å². The van der Waals surface area contributed by atoms with Crippen LogP contribution < -0.4 is 5.32 Å². The minimum absolute atomic E-state index is 0.270. The van der Waals surface area contributed by atoms with E-state index >= 15 is 0 Å². The number of carbonyl (C=O) groups excluding carboxylic acids is 1. The standard InChI is InChI=1S/C12H9BrClN3O/c1-7-4-5-15-11(14)10(7)17-12(18)8-2-3-9(13)16-6-8/h2-6H,1H3,(H,17,18). The molecule has 0 saturated carbocycles. The van der Waals surface area contributed by atoms with Gasteiger partial charge in [-0.15, -0.1) is 0 Å². The van der Waals surface area contributed by atoms with Gasteiger partial charge in [0.2, 0.25) is 0 Å². The minimum Gasteiger partial charge on any atom is -0.319 e. The summed E-state index contributed by atoms with van der Waals surface area (Å²) in [7, 11) is 0. The van der Waals surface area contributed by atoms with E-state index in [2.05, 4.69) is 31.2 Å². The number of nitrogens with zero attached hydrogens (tertiary/aromatic N) is 2. The zero-order valence-electron chi connectivity index (χ0n) is 9.45. The van der Waals surface area contributed by atoms with Gasteiger partial charge in [0.25, 0.3) is 5.91 Å². The molecule has 0 bridgehead atoms. The molecule has 0 unspecified atom stereocenters. The maximum atomic E-state index is 12.0. The Morgan fingerprint density at radius 3 is 2.72 bits per heavy atom. The van der Waals surface area contributed by atoms with E-state index in [1.165, 1.54) is 6.20 Å². The molecular weight excluding hydrogens is 318 g/mol. The van der Waals surface area contributed by atoms with E-state index in [1.807, 2.05) is 6.92 Å². The van der Waals surface area contributed by atoms with Crippen LogP contribution in [0.1, 0.15) is 15.9 Å². The smallest absolute Gasteiger partial charge is 0.257 e. The highest BCUT2D eigenvalue weighted by Crippen LogP contribution is 2.23. The second-order valence-electron chi connectivity index (χ2n) is 3.62. The largest absolute Gasteiger partial charge is 0.319 e. The highest BCUT2D eigenvalue weighted by molar-refractivity contribution is 9.10. The molecule has 6 heteroatoms. The van der Waals surface area contributed by atoms with Gasteiger partial charge in [0.05, 0.1) is 11.3 Å². The van der Waals surface area contributed by atoms with Crippen molar-refractivity contribution in [2.24, 2.45) is 0 Å². The van der Waals surface area contributed by atoms with E-state index in [4.69, 9.17) is 11.6 Å². The quantitative estimate of drug-likeness (QED) is 0.860. The molecular formula is C12H9BrClN3O. The van der Waals surface area contributed by atoms with Gasteiger partial charge in [0, 0.05) is 12.4 Å². The first-order valence-electron chi connectivity index (χ1n) is 5.12. The first-order valence-corrected chi connectivity index (χ1v) is 6.29. The van der Waals surface area contributed by atoms with Gasteiger partial charge in [-0.2, -0.15) is 0 Å². The topological polar surface area (TPSA) is 54.9 Å². The maximum absolute atomic E-state index is 12.0. The second kappa shape index (κ2) is 5.46. The molecule has 0 aliphatic carbocycles. The minimum atomic E-state index is -0.270. The van der Waals surface area contributed by atoms with E-state index in [0.29, 0.717) is 15.9 Å². The fraction of sp³-hybridized carbons (Fsp3) is 0.0833. The molecule has 1 amide bonds. The summed E-state index contributed by atoms with van der Waals surface area (Å²) in [4.78, 5) is 19.9. The van der Waals surface area contributed by atoms with E-state index < -0.39 is 0 Å². The number of rotatable bonds is 2. The van der Waals surface area contributed by atoms with Gasteiger partial charge in [-0.3, -0.25) is 4.79 Å². The van der Waals surface area contributed by atoms with Gasteiger partial charge in [0.15, 0.2) is 5.15 Å². The number of aryl methyl sites for hydroxylation is 1. The van der Waals surface area contributed by atoms with Crippen LogP contribution in [0.5, 0.6) is 0 Å². The third kappa shape index (κ3) is 2.86. The Balaban J connectivity index is 2.24. The van der Waals surface area contributed by atoms with Gasteiger partial charge in [-0.25, -0.2) is 9.97 Å². The Kier molecular flexibility index (Phi) is 3.93. The number of anilines is 1. The van der Waals surface area contributed by atoms with Crippen LogP contribution >= 0.6 is 27.5 Å². The molecule has 0 atom stereocenters. The summed E-state index contributed by atoms with van der Waals surface area (Å²) in [5, 5.41) is 3.00. The summed E-state index contributed by atoms with van der Waals surface area (Å²) in [5.41, 5.74) is 1.83. The van der Waals surface area contributed by atoms with Gasteiger partial charge in [0.1, 0.15) is 4.60 Å². The molecule has 0 aromatic carbocycles. The Bertz CT molecular complexity index is 566. The lowest BCUT2D eigenvalue weighted by Crippen LogP contribution is -2.13. The third-order valence-corrected chi connectivity index (χ3v) is 3.10.